The molecule has 1 atom stereocenters. The van der Waals surface area contributed by atoms with Gasteiger partial charge in [0.25, 0.3) is 0 Å². The molecule has 0 aliphatic rings. The Hall–Kier alpha value is 2.32. The molecule has 29 valence electrons. The summed E-state index contributed by atoms with van der Waals surface area (Å²) >= 11 is 0. The minimum Gasteiger partial charge on any atom is -0.153 e. The fraction of sp³-hybridized carbons (Fsp3) is 0. The van der Waals surface area contributed by atoms with Gasteiger partial charge in [-0.2, -0.15) is 9.90 Å². The molecule has 0 fully saturated rings. The second kappa shape index (κ2) is 18.4. The van der Waals surface area contributed by atoms with Crippen LogP contribution in [0.3, 0.4) is 0 Å². The second-order valence-corrected chi connectivity index (χ2v) is 0. The molecule has 0 nitrogen and oxygen atoms in total. The molecule has 0 saturated carbocycles. The normalized spacial score (nSPS) is 0. The fourth-order valence-corrected chi connectivity index (χ4v) is 0. The van der Waals surface area contributed by atoms with Crippen molar-refractivity contribution in [2.45, 2.75) is 0 Å². The van der Waals surface area contributed by atoms with Crippen molar-refractivity contribution in [1.29, 1.82) is 0 Å². The maximum absolute atomic E-state index is 0. The molecule has 0 N–H and O–H groups in total. The van der Waals surface area contributed by atoms with Crippen LogP contribution in [-0.2, 0) is 41.5 Å². The zero-order chi connectivity index (χ0) is 0. The van der Waals surface area contributed by atoms with Gasteiger partial charge in [-0.25, -0.2) is 0 Å². The largest absolute Gasteiger partial charge is 0.153 e. The third-order valence-corrected chi connectivity index (χ3v) is 0. The van der Waals surface area contributed by atoms with Crippen LogP contribution in [0.2, 0.25) is 0 Å². The fourth-order valence-electron chi connectivity index (χ4n) is 0. The van der Waals surface area contributed by atoms with Crippen LogP contribution >= 0.6 is 9.90 Å². The summed E-state index contributed by atoms with van der Waals surface area (Å²) in [5.41, 5.74) is 0. The summed E-state index contributed by atoms with van der Waals surface area (Å²) < 4.78 is 0. The van der Waals surface area contributed by atoms with Crippen LogP contribution in [0.1, 0.15) is 0 Å². The number of rotatable bonds is 0. The minimum atomic E-state index is 0. The average molecular weight is 488 g/mol. The van der Waals surface area contributed by atoms with Crippen LogP contribution in [0.25, 0.3) is 0 Å². The van der Waals surface area contributed by atoms with Gasteiger partial charge in [0, 0.05) is 59.1 Å². The Bertz CT molecular complexity index is 8.00. The van der Waals surface area contributed by atoms with Crippen molar-refractivity contribution in [3.05, 3.63) is 0 Å². The number of hydrogen-bond donors (Lipinski definition) is 0. The van der Waals surface area contributed by atoms with E-state index in [1.807, 2.05) is 0 Å². The summed E-state index contributed by atoms with van der Waals surface area (Å²) in [5.74, 6) is 0. The van der Waals surface area contributed by atoms with Crippen molar-refractivity contribution in [2.24, 2.45) is 0 Å². The summed E-state index contributed by atoms with van der Waals surface area (Å²) in [5, 5.41) is 0. The average Bonchev–Trinajstić information content (AvgIpc) is 0. The van der Waals surface area contributed by atoms with Crippen LogP contribution in [0, 0.1) is 0 Å². The molecule has 0 saturated heterocycles. The van der Waals surface area contributed by atoms with E-state index in [1.165, 1.54) is 0 Å². The molecule has 0 aromatic carbocycles. The first-order valence-corrected chi connectivity index (χ1v) is 0. The van der Waals surface area contributed by atoms with E-state index in [0.29, 0.717) is 0 Å². The van der Waals surface area contributed by atoms with Crippen LogP contribution in [0.15, 0.2) is 0 Å². The zero-order valence-electron chi connectivity index (χ0n) is 1.90. The summed E-state index contributed by atoms with van der Waals surface area (Å²) in [7, 11) is 0. The van der Waals surface area contributed by atoms with Gasteiger partial charge in [0.05, 0.1) is 0 Å². The van der Waals surface area contributed by atoms with Crippen LogP contribution in [0.5, 0.6) is 0 Å². The van der Waals surface area contributed by atoms with Crippen molar-refractivity contribution in [3.63, 3.8) is 0 Å². The first kappa shape index (κ1) is 33.2. The molecule has 4 heteroatoms. The summed E-state index contributed by atoms with van der Waals surface area (Å²) in [6.45, 7) is 0. The predicted molar refractivity (Wildman–Crippen MR) is 16.9 cm³/mol. The van der Waals surface area contributed by atoms with Gasteiger partial charge >= 0.3 is 0 Å². The second-order valence-electron chi connectivity index (χ2n) is 0. The molecule has 0 aromatic heterocycles. The molecule has 0 rings (SSSR count). The van der Waals surface area contributed by atoms with E-state index < -0.39 is 0 Å². The van der Waals surface area contributed by atoms with Gasteiger partial charge in [-0.15, -0.1) is 0 Å². The van der Waals surface area contributed by atoms with Crippen molar-refractivity contribution in [2.75, 3.05) is 0 Å². The van der Waals surface area contributed by atoms with Gasteiger partial charge in [0.15, 0.2) is 0 Å². The molecule has 5 radical (unpaired) electrons. The SMILES string of the molecule is P.[Ge].[Pt].[Re]. The molecule has 0 aliphatic heterocycles. The molecule has 0 bridgehead atoms. The van der Waals surface area contributed by atoms with E-state index in [4.69, 9.17) is 0 Å². The van der Waals surface area contributed by atoms with Crippen LogP contribution in [-0.4, -0.2) is 17.6 Å². The van der Waals surface area contributed by atoms with Crippen LogP contribution < -0.4 is 0 Å². The monoisotopic (exact) mass is 490 g/mol. The van der Waals surface area contributed by atoms with Gasteiger partial charge in [-0.1, -0.05) is 0 Å². The predicted octanol–water partition coefficient (Wildman–Crippen LogP) is -0.328. The third-order valence-electron chi connectivity index (χ3n) is 0. The first-order chi connectivity index (χ1) is 0. The number of hydrogen-bond acceptors (Lipinski definition) is 0. The van der Waals surface area contributed by atoms with Crippen molar-refractivity contribution in [3.8, 4) is 0 Å². The molecular weight excluding hydrogens is 485 g/mol. The molecule has 4 heavy (non-hydrogen) atoms. The Morgan fingerprint density at radius 1 is 1.00 bits per heavy atom. The molecule has 0 heterocycles. The molecule has 0 aliphatic carbocycles. The Kier molecular flexibility index (Phi) is 153. The van der Waals surface area contributed by atoms with E-state index in [1.54, 1.807) is 0 Å². The Labute approximate surface area is 68.4 Å². The first-order valence-electron chi connectivity index (χ1n) is 0. The molecular formula is H3GePPtRe. The van der Waals surface area contributed by atoms with Gasteiger partial charge in [0.1, 0.15) is 0 Å². The molecule has 0 aromatic rings. The topological polar surface area (TPSA) is 0 Å². The van der Waals surface area contributed by atoms with E-state index in [-0.39, 0.29) is 69.0 Å². The maximum Gasteiger partial charge on any atom is 0 e. The Morgan fingerprint density at radius 3 is 1.00 bits per heavy atom. The van der Waals surface area contributed by atoms with Gasteiger partial charge in [0.2, 0.25) is 0 Å². The van der Waals surface area contributed by atoms with Crippen molar-refractivity contribution >= 4 is 27.5 Å². The van der Waals surface area contributed by atoms with Gasteiger partial charge in [-0.05, 0) is 0 Å². The van der Waals surface area contributed by atoms with E-state index in [9.17, 15) is 0 Å². The third kappa shape index (κ3) is 8.85. The standard InChI is InChI=1S/Ge.H3P.Pt.Re/h;1H3;;. The van der Waals surface area contributed by atoms with E-state index in [2.05, 4.69) is 0 Å². The van der Waals surface area contributed by atoms with E-state index >= 15 is 0 Å². The van der Waals surface area contributed by atoms with Gasteiger partial charge in [-0.3, -0.25) is 0 Å². The quantitative estimate of drug-likeness (QED) is 0.324. The molecule has 1 unspecified atom stereocenters. The van der Waals surface area contributed by atoms with Crippen molar-refractivity contribution in [1.82, 2.24) is 0 Å². The van der Waals surface area contributed by atoms with Crippen LogP contribution in [0.4, 0.5) is 0 Å². The summed E-state index contributed by atoms with van der Waals surface area (Å²) in [6.07, 6.45) is 0. The van der Waals surface area contributed by atoms with Gasteiger partial charge < -0.3 is 0 Å². The summed E-state index contributed by atoms with van der Waals surface area (Å²) in [4.78, 5) is 0. The smallest absolute Gasteiger partial charge is 0 e. The minimum absolute atomic E-state index is 0. The Morgan fingerprint density at radius 2 is 1.00 bits per heavy atom. The summed E-state index contributed by atoms with van der Waals surface area (Å²) in [6, 6.07) is 0. The Balaban J connectivity index is 0. The van der Waals surface area contributed by atoms with E-state index in [0.717, 1.165) is 0 Å². The zero-order valence-corrected chi connectivity index (χ0v) is 10.4. The molecule has 0 spiro atoms. The maximum atomic E-state index is 0. The molecule has 0 amide bonds. The van der Waals surface area contributed by atoms with Crippen molar-refractivity contribution < 1.29 is 41.5 Å².